The van der Waals surface area contributed by atoms with E-state index in [4.69, 9.17) is 4.52 Å². The zero-order chi connectivity index (χ0) is 13.1. The number of aryl methyl sites for hydroxylation is 1. The first-order valence-electron chi connectivity index (χ1n) is 5.80. The van der Waals surface area contributed by atoms with Crippen LogP contribution < -0.4 is 5.32 Å². The van der Waals surface area contributed by atoms with E-state index in [0.29, 0.717) is 24.1 Å². The summed E-state index contributed by atoms with van der Waals surface area (Å²) in [6.07, 6.45) is 1.40. The lowest BCUT2D eigenvalue weighted by Crippen LogP contribution is -1.99. The topological polar surface area (TPSA) is 92.5 Å². The molecular formula is C12H12N6O. The minimum atomic E-state index is 0.401. The summed E-state index contributed by atoms with van der Waals surface area (Å²) in [6.45, 7) is 2.51. The Labute approximate surface area is 109 Å². The number of aromatic nitrogens is 5. The highest BCUT2D eigenvalue weighted by atomic mass is 16.5. The van der Waals surface area contributed by atoms with Crippen LogP contribution in [0.4, 0.5) is 5.69 Å². The lowest BCUT2D eigenvalue weighted by Gasteiger charge is -2.02. The Morgan fingerprint density at radius 1 is 1.26 bits per heavy atom. The number of H-pyrrole nitrogens is 1. The second kappa shape index (κ2) is 4.89. The van der Waals surface area contributed by atoms with Crippen LogP contribution in [0.15, 0.2) is 35.1 Å². The fraction of sp³-hybridized carbons (Fsp3) is 0.167. The van der Waals surface area contributed by atoms with Gasteiger partial charge in [-0.1, -0.05) is 22.9 Å². The highest BCUT2D eigenvalue weighted by Gasteiger charge is 2.10. The van der Waals surface area contributed by atoms with Crippen molar-refractivity contribution in [1.82, 2.24) is 25.3 Å². The van der Waals surface area contributed by atoms with Gasteiger partial charge >= 0.3 is 0 Å². The van der Waals surface area contributed by atoms with Gasteiger partial charge in [0.1, 0.15) is 6.33 Å². The molecule has 0 unspecified atom stereocenters. The Hall–Kier alpha value is -2.70. The third-order valence-corrected chi connectivity index (χ3v) is 2.59. The maximum absolute atomic E-state index is 5.12. The summed E-state index contributed by atoms with van der Waals surface area (Å²) in [5, 5.41) is 13.4. The molecule has 0 radical (unpaired) electrons. The van der Waals surface area contributed by atoms with Gasteiger partial charge in [0, 0.05) is 5.69 Å². The lowest BCUT2D eigenvalue weighted by atomic mass is 10.2. The molecule has 2 aromatic heterocycles. The Morgan fingerprint density at radius 3 is 2.84 bits per heavy atom. The van der Waals surface area contributed by atoms with Gasteiger partial charge in [-0.15, -0.1) is 0 Å². The zero-order valence-corrected chi connectivity index (χ0v) is 10.3. The molecule has 0 spiro atoms. The van der Waals surface area contributed by atoms with Crippen LogP contribution in [-0.2, 0) is 6.54 Å². The van der Waals surface area contributed by atoms with Crippen molar-refractivity contribution in [3.05, 3.63) is 42.0 Å². The molecule has 0 fully saturated rings. The number of anilines is 1. The van der Waals surface area contributed by atoms with E-state index in [9.17, 15) is 0 Å². The van der Waals surface area contributed by atoms with E-state index in [-0.39, 0.29) is 0 Å². The largest absolute Gasteiger partial charge is 0.376 e. The van der Waals surface area contributed by atoms with Gasteiger partial charge in [0.2, 0.25) is 11.7 Å². The zero-order valence-electron chi connectivity index (χ0n) is 10.3. The van der Waals surface area contributed by atoms with E-state index in [2.05, 4.69) is 30.6 Å². The molecule has 7 nitrogen and oxygen atoms in total. The van der Waals surface area contributed by atoms with Gasteiger partial charge < -0.3 is 9.84 Å². The minimum absolute atomic E-state index is 0.401. The van der Waals surface area contributed by atoms with Gasteiger partial charge in [-0.3, -0.25) is 5.10 Å². The molecule has 0 aliphatic heterocycles. The molecule has 3 aromatic rings. The smallest absolute Gasteiger partial charge is 0.246 e. The maximum atomic E-state index is 5.12. The molecular weight excluding hydrogens is 244 g/mol. The molecule has 0 saturated heterocycles. The fourth-order valence-corrected chi connectivity index (χ4v) is 1.59. The minimum Gasteiger partial charge on any atom is -0.376 e. The third kappa shape index (κ3) is 2.59. The van der Waals surface area contributed by atoms with Crippen LogP contribution in [0, 0.1) is 6.92 Å². The molecule has 2 N–H and O–H groups in total. The molecule has 0 atom stereocenters. The molecule has 7 heteroatoms. The third-order valence-electron chi connectivity index (χ3n) is 2.59. The first-order chi connectivity index (χ1) is 9.31. The first kappa shape index (κ1) is 11.4. The molecule has 1 aromatic carbocycles. The van der Waals surface area contributed by atoms with Crippen LogP contribution in [0.5, 0.6) is 0 Å². The summed E-state index contributed by atoms with van der Waals surface area (Å²) >= 11 is 0. The Bertz CT molecular complexity index is 643. The van der Waals surface area contributed by atoms with Crippen LogP contribution in [0.25, 0.3) is 11.6 Å². The predicted octanol–water partition coefficient (Wildman–Crippen LogP) is 1.78. The summed E-state index contributed by atoms with van der Waals surface area (Å²) in [5.74, 6) is 1.38. The molecule has 19 heavy (non-hydrogen) atoms. The van der Waals surface area contributed by atoms with Crippen LogP contribution in [0.2, 0.25) is 0 Å². The van der Waals surface area contributed by atoms with Crippen LogP contribution in [0.1, 0.15) is 11.5 Å². The summed E-state index contributed by atoms with van der Waals surface area (Å²) in [4.78, 5) is 8.17. The highest BCUT2D eigenvalue weighted by Crippen LogP contribution is 2.12. The predicted molar refractivity (Wildman–Crippen MR) is 68.2 cm³/mol. The highest BCUT2D eigenvalue weighted by molar-refractivity contribution is 5.44. The van der Waals surface area contributed by atoms with Gasteiger partial charge in [-0.25, -0.2) is 4.98 Å². The van der Waals surface area contributed by atoms with E-state index < -0.39 is 0 Å². The lowest BCUT2D eigenvalue weighted by molar-refractivity contribution is 0.384. The maximum Gasteiger partial charge on any atom is 0.246 e. The van der Waals surface area contributed by atoms with Gasteiger partial charge in [-0.2, -0.15) is 10.1 Å². The molecule has 2 heterocycles. The van der Waals surface area contributed by atoms with Gasteiger partial charge in [-0.05, 0) is 19.1 Å². The average Bonchev–Trinajstić information content (AvgIpc) is 3.09. The number of nitrogens with one attached hydrogen (secondary N) is 2. The van der Waals surface area contributed by atoms with Crippen molar-refractivity contribution in [3.8, 4) is 11.6 Å². The first-order valence-corrected chi connectivity index (χ1v) is 5.80. The van der Waals surface area contributed by atoms with Crippen molar-refractivity contribution in [3.63, 3.8) is 0 Å². The molecule has 0 saturated carbocycles. The van der Waals surface area contributed by atoms with E-state index in [1.54, 1.807) is 0 Å². The second-order valence-electron chi connectivity index (χ2n) is 4.07. The number of hydrogen-bond donors (Lipinski definition) is 2. The van der Waals surface area contributed by atoms with Crippen LogP contribution in [-0.4, -0.2) is 25.3 Å². The molecule has 0 amide bonds. The molecule has 0 aliphatic rings. The Balaban J connectivity index is 1.66. The molecule has 3 rings (SSSR count). The summed E-state index contributed by atoms with van der Waals surface area (Å²) < 4.78 is 5.12. The number of benzene rings is 1. The Morgan fingerprint density at radius 2 is 2.11 bits per heavy atom. The van der Waals surface area contributed by atoms with Crippen molar-refractivity contribution in [1.29, 1.82) is 0 Å². The standard InChI is InChI=1S/C12H12N6O/c1-8-2-4-9(5-3-8)13-6-10-16-12(18-19-10)11-14-7-15-17-11/h2-5,7,13H,6H2,1H3,(H,14,15,17). The van der Waals surface area contributed by atoms with Gasteiger partial charge in [0.05, 0.1) is 6.54 Å². The fourth-order valence-electron chi connectivity index (χ4n) is 1.59. The Kier molecular flexibility index (Phi) is 2.93. The van der Waals surface area contributed by atoms with Crippen molar-refractivity contribution < 1.29 is 4.52 Å². The number of aromatic amines is 1. The van der Waals surface area contributed by atoms with E-state index in [1.165, 1.54) is 11.9 Å². The molecule has 0 bridgehead atoms. The number of hydrogen-bond acceptors (Lipinski definition) is 6. The molecule has 96 valence electrons. The van der Waals surface area contributed by atoms with E-state index in [1.807, 2.05) is 31.2 Å². The quantitative estimate of drug-likeness (QED) is 0.739. The van der Waals surface area contributed by atoms with Gasteiger partial charge in [0.15, 0.2) is 5.82 Å². The van der Waals surface area contributed by atoms with Crippen molar-refractivity contribution in [2.45, 2.75) is 13.5 Å². The summed E-state index contributed by atoms with van der Waals surface area (Å²) in [5.41, 5.74) is 2.22. The van der Waals surface area contributed by atoms with Crippen molar-refractivity contribution in [2.75, 3.05) is 5.32 Å². The van der Waals surface area contributed by atoms with Crippen LogP contribution in [0.3, 0.4) is 0 Å². The number of nitrogens with zero attached hydrogens (tertiary/aromatic N) is 4. The summed E-state index contributed by atoms with van der Waals surface area (Å²) in [6, 6.07) is 8.08. The molecule has 0 aliphatic carbocycles. The van der Waals surface area contributed by atoms with Crippen molar-refractivity contribution in [2.24, 2.45) is 0 Å². The average molecular weight is 256 g/mol. The van der Waals surface area contributed by atoms with E-state index >= 15 is 0 Å². The SMILES string of the molecule is Cc1ccc(NCc2nc(-c3ncn[nH]3)no2)cc1. The van der Waals surface area contributed by atoms with Gasteiger partial charge in [0.25, 0.3) is 0 Å². The van der Waals surface area contributed by atoms with E-state index in [0.717, 1.165) is 5.69 Å². The van der Waals surface area contributed by atoms with Crippen molar-refractivity contribution >= 4 is 5.69 Å². The number of rotatable bonds is 4. The monoisotopic (exact) mass is 256 g/mol. The second-order valence-corrected chi connectivity index (χ2v) is 4.07. The normalized spacial score (nSPS) is 10.6. The van der Waals surface area contributed by atoms with Crippen LogP contribution >= 0.6 is 0 Å². The summed E-state index contributed by atoms with van der Waals surface area (Å²) in [7, 11) is 0.